The molecule has 0 spiro atoms. The van der Waals surface area contributed by atoms with Gasteiger partial charge in [0, 0.05) is 6.42 Å². The van der Waals surface area contributed by atoms with Gasteiger partial charge in [-0.15, -0.1) is 0 Å². The summed E-state index contributed by atoms with van der Waals surface area (Å²) in [6.07, 6.45) is 67.0. The van der Waals surface area contributed by atoms with E-state index in [1.165, 1.54) is 167 Å². The van der Waals surface area contributed by atoms with E-state index in [1.807, 2.05) is 6.08 Å². The van der Waals surface area contributed by atoms with Gasteiger partial charge in [0.2, 0.25) is 5.91 Å². The highest BCUT2D eigenvalue weighted by molar-refractivity contribution is 5.76. The fourth-order valence-electron chi connectivity index (χ4n) is 9.37. The van der Waals surface area contributed by atoms with Crippen molar-refractivity contribution in [2.45, 2.75) is 314 Å². The highest BCUT2D eigenvalue weighted by Crippen LogP contribution is 2.23. The first kappa shape index (κ1) is 68.6. The molecule has 0 aromatic heterocycles. The maximum absolute atomic E-state index is 13.0. The Bertz CT molecular complexity index is 1380. The molecule has 1 saturated heterocycles. The van der Waals surface area contributed by atoms with Gasteiger partial charge in [0.1, 0.15) is 24.4 Å². The van der Waals surface area contributed by atoms with Crippen LogP contribution in [0.3, 0.4) is 0 Å². The Morgan fingerprint density at radius 2 is 0.822 bits per heavy atom. The van der Waals surface area contributed by atoms with Crippen molar-refractivity contribution in [2.75, 3.05) is 13.2 Å². The molecule has 1 rings (SSSR count). The number of carbonyl (C=O) groups excluding carboxylic acids is 1. The molecular formula is C64H115NO8. The lowest BCUT2D eigenvalue weighted by Gasteiger charge is -2.40. The molecule has 1 aliphatic rings. The fourth-order valence-corrected chi connectivity index (χ4v) is 9.37. The molecule has 73 heavy (non-hydrogen) atoms. The molecule has 9 heteroatoms. The van der Waals surface area contributed by atoms with E-state index in [1.54, 1.807) is 6.08 Å². The number of aliphatic hydroxyl groups is 5. The largest absolute Gasteiger partial charge is 0.394 e. The van der Waals surface area contributed by atoms with Crippen LogP contribution in [0.5, 0.6) is 0 Å². The molecule has 1 heterocycles. The Morgan fingerprint density at radius 3 is 1.27 bits per heavy atom. The molecule has 1 amide bonds. The standard InChI is InChI=1S/C64H115NO8/c1-3-5-7-9-11-13-15-17-19-21-23-24-25-26-27-28-29-30-31-32-33-34-36-37-39-41-43-45-47-49-51-53-58(67)57(56-72-64-63(71)62(70)61(69)59(55-66)73-64)65-60(68)54-52-50-48-46-44-42-40-38-35-22-20-18-16-14-12-10-8-6-4-2/h12,14,18,20,35-38,43,45,51,53,57-59,61-64,66-67,69-71H,3-11,13,15-17,19,21-34,39-42,44,46-50,52,54-56H2,1-2H3,(H,65,68)/b14-12-,20-18-,37-36+,38-35-,45-43+,53-51+. The number of allylic oxidation sites excluding steroid dienone is 11. The highest BCUT2D eigenvalue weighted by Gasteiger charge is 2.44. The molecule has 0 bridgehead atoms. The van der Waals surface area contributed by atoms with E-state index in [9.17, 15) is 30.3 Å². The van der Waals surface area contributed by atoms with Crippen molar-refractivity contribution in [1.29, 1.82) is 0 Å². The summed E-state index contributed by atoms with van der Waals surface area (Å²) in [6.45, 7) is 3.74. The van der Waals surface area contributed by atoms with Crippen LogP contribution in [0, 0.1) is 0 Å². The van der Waals surface area contributed by atoms with Crippen molar-refractivity contribution in [1.82, 2.24) is 5.32 Å². The second-order valence-corrected chi connectivity index (χ2v) is 21.1. The molecule has 7 atom stereocenters. The van der Waals surface area contributed by atoms with Crippen LogP contribution in [0.15, 0.2) is 72.9 Å². The zero-order chi connectivity index (χ0) is 52.9. The van der Waals surface area contributed by atoms with Crippen LogP contribution in [-0.4, -0.2) is 87.5 Å². The quantitative estimate of drug-likeness (QED) is 0.0261. The minimum Gasteiger partial charge on any atom is -0.394 e. The molecular weight excluding hydrogens is 911 g/mol. The molecule has 0 radical (unpaired) electrons. The number of nitrogens with one attached hydrogen (secondary N) is 1. The summed E-state index contributed by atoms with van der Waals surface area (Å²) in [7, 11) is 0. The topological polar surface area (TPSA) is 149 Å². The van der Waals surface area contributed by atoms with E-state index in [0.29, 0.717) is 6.42 Å². The van der Waals surface area contributed by atoms with Gasteiger partial charge in [-0.25, -0.2) is 0 Å². The zero-order valence-corrected chi connectivity index (χ0v) is 47.1. The van der Waals surface area contributed by atoms with E-state index in [0.717, 1.165) is 83.5 Å². The first-order valence-corrected chi connectivity index (χ1v) is 30.7. The van der Waals surface area contributed by atoms with Crippen LogP contribution in [0.2, 0.25) is 0 Å². The summed E-state index contributed by atoms with van der Waals surface area (Å²) < 4.78 is 11.3. The van der Waals surface area contributed by atoms with Crippen molar-refractivity contribution in [3.05, 3.63) is 72.9 Å². The summed E-state index contributed by atoms with van der Waals surface area (Å²) in [5.74, 6) is -0.204. The van der Waals surface area contributed by atoms with Crippen LogP contribution >= 0.6 is 0 Å². The maximum atomic E-state index is 13.0. The molecule has 424 valence electrons. The average Bonchev–Trinajstić information content (AvgIpc) is 3.39. The molecule has 0 saturated carbocycles. The lowest BCUT2D eigenvalue weighted by Crippen LogP contribution is -2.60. The van der Waals surface area contributed by atoms with E-state index >= 15 is 0 Å². The molecule has 0 aliphatic carbocycles. The first-order valence-electron chi connectivity index (χ1n) is 30.7. The number of aliphatic hydroxyl groups excluding tert-OH is 5. The minimum absolute atomic E-state index is 0.204. The lowest BCUT2D eigenvalue weighted by molar-refractivity contribution is -0.302. The van der Waals surface area contributed by atoms with Crippen molar-refractivity contribution >= 4 is 5.91 Å². The lowest BCUT2D eigenvalue weighted by atomic mass is 9.99. The van der Waals surface area contributed by atoms with Crippen LogP contribution in [0.4, 0.5) is 0 Å². The fraction of sp³-hybridized carbons (Fsp3) is 0.797. The van der Waals surface area contributed by atoms with E-state index in [2.05, 4.69) is 79.9 Å². The molecule has 7 unspecified atom stereocenters. The van der Waals surface area contributed by atoms with Crippen molar-refractivity contribution in [3.63, 3.8) is 0 Å². The molecule has 6 N–H and O–H groups in total. The number of rotatable bonds is 52. The SMILES string of the molecule is CCCCC/C=C\C/C=C\C/C=C\CCCCCCCCC(=O)NC(COC1OC(CO)C(O)C(O)C1O)C(O)/C=C/CC/C=C/CC/C=C/CCCCCCCCCCCCCCCCCCCCCCC. The molecule has 1 aliphatic heterocycles. The Labute approximate surface area is 448 Å². The van der Waals surface area contributed by atoms with Gasteiger partial charge in [-0.05, 0) is 83.5 Å². The van der Waals surface area contributed by atoms with Gasteiger partial charge in [0.15, 0.2) is 6.29 Å². The van der Waals surface area contributed by atoms with E-state index in [-0.39, 0.29) is 12.5 Å². The second kappa shape index (κ2) is 53.0. The number of ether oxygens (including phenoxy) is 2. The predicted octanol–water partition coefficient (Wildman–Crippen LogP) is 15.6. The second-order valence-electron chi connectivity index (χ2n) is 21.1. The van der Waals surface area contributed by atoms with Crippen LogP contribution in [0.25, 0.3) is 0 Å². The number of hydrogen-bond donors (Lipinski definition) is 6. The smallest absolute Gasteiger partial charge is 0.220 e. The van der Waals surface area contributed by atoms with Crippen LogP contribution in [0.1, 0.15) is 271 Å². The summed E-state index contributed by atoms with van der Waals surface area (Å²) in [6, 6.07) is -0.840. The summed E-state index contributed by atoms with van der Waals surface area (Å²) >= 11 is 0. The van der Waals surface area contributed by atoms with Gasteiger partial charge >= 0.3 is 0 Å². The van der Waals surface area contributed by atoms with Gasteiger partial charge in [-0.2, -0.15) is 0 Å². The third kappa shape index (κ3) is 42.4. The van der Waals surface area contributed by atoms with E-state index in [4.69, 9.17) is 9.47 Å². The van der Waals surface area contributed by atoms with Gasteiger partial charge in [0.25, 0.3) is 0 Å². The first-order chi connectivity index (χ1) is 35.8. The number of unbranched alkanes of at least 4 members (excludes halogenated alkanes) is 32. The Morgan fingerprint density at radius 1 is 0.466 bits per heavy atom. The van der Waals surface area contributed by atoms with Gasteiger partial charge in [-0.3, -0.25) is 4.79 Å². The third-order valence-electron chi connectivity index (χ3n) is 14.2. The Balaban J connectivity index is 2.23. The molecule has 0 aromatic rings. The maximum Gasteiger partial charge on any atom is 0.220 e. The Hall–Kier alpha value is -2.37. The predicted molar refractivity (Wildman–Crippen MR) is 309 cm³/mol. The average molecular weight is 1030 g/mol. The summed E-state index contributed by atoms with van der Waals surface area (Å²) in [5, 5.41) is 54.5. The Kier molecular flexibility index (Phi) is 49.9. The van der Waals surface area contributed by atoms with E-state index < -0.39 is 49.5 Å². The monoisotopic (exact) mass is 1030 g/mol. The number of carbonyl (C=O) groups is 1. The van der Waals surface area contributed by atoms with Gasteiger partial charge in [0.05, 0.1) is 25.4 Å². The van der Waals surface area contributed by atoms with Crippen molar-refractivity contribution in [3.8, 4) is 0 Å². The number of hydrogen-bond acceptors (Lipinski definition) is 8. The molecule has 0 aromatic carbocycles. The molecule has 1 fully saturated rings. The summed E-state index contributed by atoms with van der Waals surface area (Å²) in [4.78, 5) is 13.0. The minimum atomic E-state index is -1.58. The highest BCUT2D eigenvalue weighted by atomic mass is 16.7. The normalized spacial score (nSPS) is 19.6. The third-order valence-corrected chi connectivity index (χ3v) is 14.2. The van der Waals surface area contributed by atoms with Gasteiger partial charge in [-0.1, -0.05) is 254 Å². The van der Waals surface area contributed by atoms with Crippen molar-refractivity contribution < 1.29 is 39.8 Å². The van der Waals surface area contributed by atoms with Crippen LogP contribution in [-0.2, 0) is 14.3 Å². The zero-order valence-electron chi connectivity index (χ0n) is 47.1. The van der Waals surface area contributed by atoms with Crippen LogP contribution < -0.4 is 5.32 Å². The summed E-state index contributed by atoms with van der Waals surface area (Å²) in [5.41, 5.74) is 0. The van der Waals surface area contributed by atoms with Gasteiger partial charge < -0.3 is 40.3 Å². The molecule has 9 nitrogen and oxygen atoms in total. The van der Waals surface area contributed by atoms with Crippen molar-refractivity contribution in [2.24, 2.45) is 0 Å². The number of amides is 1.